The van der Waals surface area contributed by atoms with Gasteiger partial charge in [-0.15, -0.1) is 0 Å². The normalized spacial score (nSPS) is 13.4. The molecular weight excluding hydrogens is 585 g/mol. The van der Waals surface area contributed by atoms with Crippen molar-refractivity contribution >= 4 is 22.2 Å². The van der Waals surface area contributed by atoms with Crippen LogP contribution in [0.1, 0.15) is 33.4 Å². The van der Waals surface area contributed by atoms with E-state index in [4.69, 9.17) is 15.6 Å². The van der Waals surface area contributed by atoms with Gasteiger partial charge in [-0.3, -0.25) is 0 Å². The summed E-state index contributed by atoms with van der Waals surface area (Å²) in [5.74, 6) is 1.72. The molecule has 1 heterocycles. The smallest absolute Gasteiger partial charge is 0.132 e. The lowest BCUT2D eigenvalue weighted by atomic mass is 9.66. The van der Waals surface area contributed by atoms with E-state index >= 15 is 0 Å². The van der Waals surface area contributed by atoms with E-state index in [0.717, 1.165) is 55.7 Å². The van der Waals surface area contributed by atoms with Gasteiger partial charge in [-0.05, 0) is 74.0 Å². The molecule has 1 aliphatic heterocycles. The summed E-state index contributed by atoms with van der Waals surface area (Å²) in [5.41, 5.74) is 11.4. The summed E-state index contributed by atoms with van der Waals surface area (Å²) in [6, 6.07) is 54.7. The van der Waals surface area contributed by atoms with Crippen LogP contribution >= 0.6 is 0 Å². The largest absolute Gasteiger partial charge is 0.457 e. The second kappa shape index (κ2) is 10.9. The van der Waals surface area contributed by atoms with Gasteiger partial charge in [0.2, 0.25) is 0 Å². The lowest BCUT2D eigenvalue weighted by Crippen LogP contribution is -2.32. The Bertz CT molecular complexity index is 2420. The van der Waals surface area contributed by atoms with Crippen LogP contribution in [0.25, 0.3) is 33.0 Å². The number of hydrogen-bond acceptors (Lipinski definition) is 3. The third kappa shape index (κ3) is 4.14. The Morgan fingerprint density at radius 2 is 1.06 bits per heavy atom. The highest BCUT2D eigenvalue weighted by Crippen LogP contribution is 2.62. The molecule has 3 heteroatoms. The SMILES string of the molecule is N=C(/C=C\C(=N)c1cccc2ccccc12)c1ccc(-c2ccc3c(c2)Oc2ccccc2C32c3ccccc3-c3ccccc32)cc1. The van der Waals surface area contributed by atoms with E-state index in [0.29, 0.717) is 11.4 Å². The molecule has 0 aromatic heterocycles. The molecule has 3 nitrogen and oxygen atoms in total. The van der Waals surface area contributed by atoms with Crippen molar-refractivity contribution in [3.8, 4) is 33.8 Å². The molecule has 7 aromatic rings. The fourth-order valence-electron chi connectivity index (χ4n) is 7.70. The van der Waals surface area contributed by atoms with Crippen molar-refractivity contribution < 1.29 is 4.74 Å². The van der Waals surface area contributed by atoms with E-state index in [1.807, 2.05) is 48.5 Å². The van der Waals surface area contributed by atoms with Gasteiger partial charge >= 0.3 is 0 Å². The van der Waals surface area contributed by atoms with E-state index in [9.17, 15) is 0 Å². The van der Waals surface area contributed by atoms with Gasteiger partial charge in [0.05, 0.1) is 16.8 Å². The average Bonchev–Trinajstić information content (AvgIpc) is 3.44. The van der Waals surface area contributed by atoms with Crippen molar-refractivity contribution in [2.75, 3.05) is 0 Å². The molecule has 7 aromatic carbocycles. The van der Waals surface area contributed by atoms with Crippen LogP contribution in [0, 0.1) is 10.8 Å². The van der Waals surface area contributed by atoms with E-state index in [2.05, 4.69) is 109 Å². The van der Waals surface area contributed by atoms with Crippen LogP contribution in [-0.2, 0) is 5.41 Å². The maximum atomic E-state index is 8.73. The third-order valence-corrected chi connectivity index (χ3v) is 9.87. The maximum absolute atomic E-state index is 8.73. The molecule has 0 radical (unpaired) electrons. The Hall–Kier alpha value is -6.32. The number of hydrogen-bond donors (Lipinski definition) is 2. The van der Waals surface area contributed by atoms with Crippen molar-refractivity contribution in [2.45, 2.75) is 5.41 Å². The minimum absolute atomic E-state index is 0.359. The molecule has 0 bridgehead atoms. The van der Waals surface area contributed by atoms with Crippen molar-refractivity contribution in [1.82, 2.24) is 0 Å². The molecule has 226 valence electrons. The van der Waals surface area contributed by atoms with Gasteiger partial charge in [0.15, 0.2) is 0 Å². The zero-order valence-corrected chi connectivity index (χ0v) is 26.1. The Morgan fingerprint density at radius 3 is 1.83 bits per heavy atom. The Labute approximate surface area is 279 Å². The number of rotatable bonds is 5. The number of benzene rings is 7. The molecule has 0 fully saturated rings. The highest BCUT2D eigenvalue weighted by Gasteiger charge is 2.50. The van der Waals surface area contributed by atoms with Gasteiger partial charge in [0.1, 0.15) is 11.5 Å². The molecule has 2 N–H and O–H groups in total. The standard InChI is InChI=1S/C45H30N2O/c46-41(26-27-42(47)36-15-9-11-30-10-1-2-12-33(30)36)31-22-20-29(21-23-31)32-24-25-40-44(28-32)48-43-19-8-7-18-39(43)45(40)37-16-5-3-13-34(37)35-14-4-6-17-38(35)45/h1-28,46-47H/b27-26-,46-41?,47-42?. The van der Waals surface area contributed by atoms with Crippen molar-refractivity contribution in [2.24, 2.45) is 0 Å². The van der Waals surface area contributed by atoms with Gasteiger partial charge < -0.3 is 15.6 Å². The van der Waals surface area contributed by atoms with Crippen LogP contribution in [0.5, 0.6) is 11.5 Å². The Balaban J connectivity index is 1.05. The van der Waals surface area contributed by atoms with Gasteiger partial charge in [-0.1, -0.05) is 146 Å². The first-order chi connectivity index (χ1) is 23.6. The predicted molar refractivity (Wildman–Crippen MR) is 196 cm³/mol. The first-order valence-corrected chi connectivity index (χ1v) is 16.2. The van der Waals surface area contributed by atoms with Crippen LogP contribution in [-0.4, -0.2) is 11.4 Å². The quantitative estimate of drug-likeness (QED) is 0.186. The second-order valence-electron chi connectivity index (χ2n) is 12.4. The van der Waals surface area contributed by atoms with Gasteiger partial charge in [-0.25, -0.2) is 0 Å². The van der Waals surface area contributed by atoms with E-state index in [1.165, 1.54) is 22.3 Å². The lowest BCUT2D eigenvalue weighted by Gasteiger charge is -2.39. The first-order valence-electron chi connectivity index (χ1n) is 16.2. The summed E-state index contributed by atoms with van der Waals surface area (Å²) in [6.07, 6.45) is 3.42. The van der Waals surface area contributed by atoms with Crippen LogP contribution in [0.2, 0.25) is 0 Å². The van der Waals surface area contributed by atoms with E-state index in [-0.39, 0.29) is 0 Å². The molecule has 1 aliphatic carbocycles. The molecule has 9 rings (SSSR count). The number of allylic oxidation sites excluding steroid dienone is 2. The van der Waals surface area contributed by atoms with Crippen molar-refractivity contribution in [1.29, 1.82) is 10.8 Å². The highest BCUT2D eigenvalue weighted by molar-refractivity contribution is 6.18. The Kier molecular flexibility index (Phi) is 6.34. The Morgan fingerprint density at radius 1 is 0.479 bits per heavy atom. The summed E-state index contributed by atoms with van der Waals surface area (Å²) >= 11 is 0. The predicted octanol–water partition coefficient (Wildman–Crippen LogP) is 11.0. The molecule has 0 saturated carbocycles. The lowest BCUT2D eigenvalue weighted by molar-refractivity contribution is 0.436. The molecular formula is C45H30N2O. The molecule has 48 heavy (non-hydrogen) atoms. The molecule has 0 amide bonds. The van der Waals surface area contributed by atoms with Crippen LogP contribution in [0.3, 0.4) is 0 Å². The molecule has 0 atom stereocenters. The highest BCUT2D eigenvalue weighted by atomic mass is 16.5. The van der Waals surface area contributed by atoms with Crippen molar-refractivity contribution in [3.05, 3.63) is 203 Å². The zero-order chi connectivity index (χ0) is 32.2. The number of fused-ring (bicyclic) bond motifs is 10. The van der Waals surface area contributed by atoms with Crippen LogP contribution < -0.4 is 4.74 Å². The molecule has 2 aliphatic rings. The van der Waals surface area contributed by atoms with Crippen LogP contribution in [0.15, 0.2) is 170 Å². The molecule has 0 unspecified atom stereocenters. The number of para-hydroxylation sites is 1. The fourth-order valence-corrected chi connectivity index (χ4v) is 7.70. The minimum Gasteiger partial charge on any atom is -0.457 e. The fraction of sp³-hybridized carbons (Fsp3) is 0.0222. The summed E-state index contributed by atoms with van der Waals surface area (Å²) < 4.78 is 6.67. The summed E-state index contributed by atoms with van der Waals surface area (Å²) in [6.45, 7) is 0. The minimum atomic E-state index is -0.471. The summed E-state index contributed by atoms with van der Waals surface area (Å²) in [7, 11) is 0. The molecule has 1 spiro atoms. The van der Waals surface area contributed by atoms with Crippen molar-refractivity contribution in [3.63, 3.8) is 0 Å². The molecule has 0 saturated heterocycles. The number of nitrogens with one attached hydrogen (secondary N) is 2. The second-order valence-corrected chi connectivity index (χ2v) is 12.4. The van der Waals surface area contributed by atoms with Crippen LogP contribution in [0.4, 0.5) is 0 Å². The van der Waals surface area contributed by atoms with Gasteiger partial charge in [0, 0.05) is 16.7 Å². The summed E-state index contributed by atoms with van der Waals surface area (Å²) in [5, 5.41) is 19.5. The topological polar surface area (TPSA) is 56.9 Å². The maximum Gasteiger partial charge on any atom is 0.132 e. The zero-order valence-electron chi connectivity index (χ0n) is 26.1. The third-order valence-electron chi connectivity index (χ3n) is 9.87. The average molecular weight is 615 g/mol. The van der Waals surface area contributed by atoms with E-state index in [1.54, 1.807) is 12.2 Å². The monoisotopic (exact) mass is 614 g/mol. The van der Waals surface area contributed by atoms with E-state index < -0.39 is 5.41 Å². The van der Waals surface area contributed by atoms with Gasteiger partial charge in [-0.2, -0.15) is 0 Å². The summed E-state index contributed by atoms with van der Waals surface area (Å²) in [4.78, 5) is 0. The van der Waals surface area contributed by atoms with Gasteiger partial charge in [0.25, 0.3) is 0 Å². The first kappa shape index (κ1) is 27.9. The number of ether oxygens (including phenoxy) is 1.